The Labute approximate surface area is 799 Å². The molecule has 135 heavy (non-hydrogen) atoms. The lowest BCUT2D eigenvalue weighted by atomic mass is 9.91. The van der Waals surface area contributed by atoms with E-state index in [1.54, 1.807) is 0 Å². The summed E-state index contributed by atoms with van der Waals surface area (Å²) >= 11 is 11.5. The first-order valence-electron chi connectivity index (χ1n) is 45.8. The normalized spacial score (nSPS) is 12.0. The van der Waals surface area contributed by atoms with Gasteiger partial charge in [-0.1, -0.05) is 364 Å². The molecule has 0 aliphatic carbocycles. The van der Waals surface area contributed by atoms with Crippen LogP contribution >= 0.6 is 68.0 Å². The van der Waals surface area contributed by atoms with Gasteiger partial charge in [0.15, 0.2) is 0 Å². The summed E-state index contributed by atoms with van der Waals surface area (Å²) in [6.07, 6.45) is 0. The number of nitrogens with zero attached hydrogens (tertiary/aromatic N) is 3. The molecule has 21 aromatic carbocycles. The molecule has 0 unspecified atom stereocenters. The van der Waals surface area contributed by atoms with Crippen molar-refractivity contribution in [2.75, 3.05) is 0 Å². The highest BCUT2D eigenvalue weighted by molar-refractivity contribution is 7.29. The molecule has 0 saturated heterocycles. The fraction of sp³-hybridized carbons (Fsp3) is 0. The highest BCUT2D eigenvalue weighted by Crippen LogP contribution is 2.54. The molecule has 0 bridgehead atoms. The predicted octanol–water partition coefficient (Wildman–Crippen LogP) is 38.6. The Bertz CT molecular complexity index is 10100. The zero-order valence-corrected chi connectivity index (χ0v) is 77.5. The second-order valence-electron chi connectivity index (χ2n) is 35.0. The van der Waals surface area contributed by atoms with Crippen molar-refractivity contribution < 1.29 is 0 Å². The maximum Gasteiger partial charge on any atom is 0.0727 e. The minimum atomic E-state index is 1.19. The van der Waals surface area contributed by atoms with Crippen LogP contribution in [-0.4, -0.2) is 13.7 Å². The average Bonchev–Trinajstić information content (AvgIpc) is 1.56. The summed E-state index contributed by atoms with van der Waals surface area (Å²) < 4.78 is 23.4. The van der Waals surface area contributed by atoms with E-state index in [0.29, 0.717) is 0 Å². The predicted molar refractivity (Wildman–Crippen MR) is 592 cm³/mol. The van der Waals surface area contributed by atoms with Crippen LogP contribution in [0.1, 0.15) is 0 Å². The molecule has 0 fully saturated rings. The Morgan fingerprint density at radius 2 is 0.474 bits per heavy atom. The van der Waals surface area contributed by atoms with Gasteiger partial charge in [0.2, 0.25) is 0 Å². The summed E-state index contributed by atoms with van der Waals surface area (Å²) in [4.78, 5) is 0. The SMILES string of the molecule is c1ccc(-n2c3ccccc3c3sc4c(-c5ccccc5-c5ccc6c(c5)sc5cc7ccccc7cc56)cccc4c32)cc1.c1ccc(-n2c3ccccc3c3sc4c(-c5ccccc5-c5ccc6c(c5)sc5ccc7ccccc7c56)cccc4c32)cc1.c1ccc(-n2c3ccccc3c3sc4c(-c5ccccc5-c5cccc6sc7c8ccccc8ccc7c56)cccc4c32)cc1. The molecule has 0 atom stereocenters. The van der Waals surface area contributed by atoms with E-state index < -0.39 is 0 Å². The highest BCUT2D eigenvalue weighted by atomic mass is 32.1. The third-order valence-electron chi connectivity index (χ3n) is 27.6. The van der Waals surface area contributed by atoms with Crippen LogP contribution in [-0.2, 0) is 0 Å². The van der Waals surface area contributed by atoms with Crippen molar-refractivity contribution in [3.8, 4) is 83.8 Å². The molecule has 0 spiro atoms. The number of aromatic nitrogens is 3. The van der Waals surface area contributed by atoms with Gasteiger partial charge in [0.05, 0.1) is 47.2 Å². The summed E-state index contributed by atoms with van der Waals surface area (Å²) in [5.74, 6) is 0. The fourth-order valence-corrected chi connectivity index (χ4v) is 29.3. The molecule has 9 heterocycles. The van der Waals surface area contributed by atoms with Crippen LogP contribution in [0, 0.1) is 0 Å². The second kappa shape index (κ2) is 31.5. The van der Waals surface area contributed by atoms with Crippen molar-refractivity contribution in [2.45, 2.75) is 0 Å². The first-order valence-corrected chi connectivity index (χ1v) is 50.7. The number of hydrogen-bond acceptors (Lipinski definition) is 6. The molecule has 630 valence electrons. The maximum absolute atomic E-state index is 2.45. The van der Waals surface area contributed by atoms with E-state index in [2.05, 4.69) is 469 Å². The van der Waals surface area contributed by atoms with Crippen LogP contribution in [0.2, 0.25) is 0 Å². The number of para-hydroxylation sites is 6. The van der Waals surface area contributed by atoms with E-state index in [1.165, 1.54) is 270 Å². The molecule has 0 radical (unpaired) electrons. The Morgan fingerprint density at radius 1 is 0.141 bits per heavy atom. The molecular formula is C126H75N3S6. The summed E-state index contributed by atoms with van der Waals surface area (Å²) in [5.41, 5.74) is 26.5. The number of hydrogen-bond donors (Lipinski definition) is 0. The zero-order valence-electron chi connectivity index (χ0n) is 72.6. The molecule has 0 aliphatic rings. The molecule has 0 N–H and O–H groups in total. The number of benzene rings is 21. The Kier molecular flexibility index (Phi) is 18.2. The van der Waals surface area contributed by atoms with Crippen LogP contribution < -0.4 is 0 Å². The van der Waals surface area contributed by atoms with Gasteiger partial charge in [0.1, 0.15) is 0 Å². The van der Waals surface area contributed by atoms with E-state index in [9.17, 15) is 0 Å². The molecule has 0 saturated carbocycles. The van der Waals surface area contributed by atoms with Crippen LogP contribution in [0.4, 0.5) is 0 Å². The van der Waals surface area contributed by atoms with Crippen LogP contribution in [0.3, 0.4) is 0 Å². The van der Waals surface area contributed by atoms with Gasteiger partial charge in [-0.15, -0.1) is 68.0 Å². The molecule has 0 aliphatic heterocycles. The van der Waals surface area contributed by atoms with Gasteiger partial charge in [0.25, 0.3) is 0 Å². The molecule has 9 heteroatoms. The number of thiophene rings is 6. The van der Waals surface area contributed by atoms with Gasteiger partial charge in [0, 0.05) is 141 Å². The van der Waals surface area contributed by atoms with Gasteiger partial charge >= 0.3 is 0 Å². The van der Waals surface area contributed by atoms with Crippen molar-refractivity contribution in [2.24, 2.45) is 0 Å². The molecule has 30 aromatic rings. The quantitative estimate of drug-likeness (QED) is 0.137. The van der Waals surface area contributed by atoms with Gasteiger partial charge in [-0.05, 0) is 173 Å². The lowest BCUT2D eigenvalue weighted by Gasteiger charge is -2.13. The highest BCUT2D eigenvalue weighted by Gasteiger charge is 2.27. The molecule has 0 amide bonds. The Hall–Kier alpha value is -15.7. The Morgan fingerprint density at radius 3 is 0.978 bits per heavy atom. The average molecular weight is 1820 g/mol. The van der Waals surface area contributed by atoms with E-state index in [0.717, 1.165) is 0 Å². The minimum absolute atomic E-state index is 1.19. The monoisotopic (exact) mass is 1820 g/mol. The van der Waals surface area contributed by atoms with Crippen LogP contribution in [0.15, 0.2) is 455 Å². The third kappa shape index (κ3) is 12.4. The first-order chi connectivity index (χ1) is 67.0. The van der Waals surface area contributed by atoms with Crippen molar-refractivity contribution in [3.63, 3.8) is 0 Å². The molecule has 3 nitrogen and oxygen atoms in total. The van der Waals surface area contributed by atoms with Crippen molar-refractivity contribution in [3.05, 3.63) is 455 Å². The Balaban J connectivity index is 0.000000101. The standard InChI is InChI=1S/3C42H25NS2/c1-2-13-27(14-3-1)43-36-22-9-8-18-33(36)42-39(43)35-21-10-20-32(41(35)45-42)30-17-7-6-16-29(30)31-19-11-23-37-38(31)34-25-24-26-12-4-5-15-28(26)40(34)44-37;1-2-13-29(14-3-1)43-37-20-9-8-17-34(37)42-40(43)35-19-10-18-33(41(35)45-42)31-16-7-6-15-30(31)28-21-22-32-36-23-26-11-4-5-12-27(26)24-39(36)44-38(32)25-28;1-2-12-28(13-3-1)43-36-20-9-8-17-33(36)42-40(43)35-19-10-18-32(41(35)45-42)31-16-7-6-14-29(31)27-21-23-34-38(25-27)44-37-24-22-26-11-4-5-15-30(26)39(34)37/h3*1-25H. The fourth-order valence-electron chi connectivity index (χ4n) is 21.7. The van der Waals surface area contributed by atoms with Crippen molar-refractivity contribution in [1.82, 2.24) is 13.7 Å². The summed E-state index contributed by atoms with van der Waals surface area (Å²) in [5, 5.41) is 23.7. The van der Waals surface area contributed by atoms with Crippen molar-refractivity contribution >= 4 is 254 Å². The van der Waals surface area contributed by atoms with Crippen LogP contribution in [0.25, 0.3) is 270 Å². The maximum atomic E-state index is 2.45. The van der Waals surface area contributed by atoms with Crippen LogP contribution in [0.5, 0.6) is 0 Å². The lowest BCUT2D eigenvalue weighted by Crippen LogP contribution is -1.93. The molecule has 9 aromatic heterocycles. The summed E-state index contributed by atoms with van der Waals surface area (Å²) in [7, 11) is 0. The largest absolute Gasteiger partial charge is 0.308 e. The number of fused-ring (bicyclic) bond motifs is 29. The van der Waals surface area contributed by atoms with Gasteiger partial charge in [-0.25, -0.2) is 0 Å². The van der Waals surface area contributed by atoms with E-state index in [4.69, 9.17) is 0 Å². The van der Waals surface area contributed by atoms with E-state index in [-0.39, 0.29) is 0 Å². The summed E-state index contributed by atoms with van der Waals surface area (Å²) in [6.45, 7) is 0. The topological polar surface area (TPSA) is 14.8 Å². The van der Waals surface area contributed by atoms with Gasteiger partial charge in [-0.2, -0.15) is 0 Å². The number of rotatable bonds is 9. The second-order valence-corrected chi connectivity index (χ2v) is 41.3. The molecular weight excluding hydrogens is 1750 g/mol. The van der Waals surface area contributed by atoms with E-state index in [1.807, 2.05) is 68.0 Å². The zero-order chi connectivity index (χ0) is 88.5. The third-order valence-corrected chi connectivity index (χ3v) is 34.8. The van der Waals surface area contributed by atoms with E-state index >= 15 is 0 Å². The first kappa shape index (κ1) is 78.0. The smallest absolute Gasteiger partial charge is 0.0727 e. The van der Waals surface area contributed by atoms with Crippen molar-refractivity contribution in [1.29, 1.82) is 0 Å². The lowest BCUT2D eigenvalue weighted by molar-refractivity contribution is 1.19. The van der Waals surface area contributed by atoms with Gasteiger partial charge in [-0.3, -0.25) is 0 Å². The summed E-state index contributed by atoms with van der Waals surface area (Å²) in [6, 6.07) is 167. The van der Waals surface area contributed by atoms with Gasteiger partial charge < -0.3 is 13.7 Å². The minimum Gasteiger partial charge on any atom is -0.308 e. The molecule has 30 rings (SSSR count).